The van der Waals surface area contributed by atoms with Crippen molar-refractivity contribution in [2.24, 2.45) is 5.41 Å². The summed E-state index contributed by atoms with van der Waals surface area (Å²) in [6, 6.07) is 7.99. The molecule has 0 atom stereocenters. The summed E-state index contributed by atoms with van der Waals surface area (Å²) < 4.78 is 1.03. The van der Waals surface area contributed by atoms with Crippen molar-refractivity contribution in [1.82, 2.24) is 5.32 Å². The van der Waals surface area contributed by atoms with Gasteiger partial charge in [0.05, 0.1) is 0 Å². The van der Waals surface area contributed by atoms with Gasteiger partial charge in [-0.2, -0.15) is 0 Å². The molecule has 1 N–H and O–H groups in total. The number of halogens is 1. The van der Waals surface area contributed by atoms with Gasteiger partial charge in [-0.05, 0) is 29.5 Å². The molecule has 1 aliphatic heterocycles. The third kappa shape index (κ3) is 3.16. The molecule has 1 aromatic rings. The van der Waals surface area contributed by atoms with E-state index in [1.54, 1.807) is 0 Å². The molecule has 0 bridgehead atoms. The summed E-state index contributed by atoms with van der Waals surface area (Å²) in [4.78, 5) is 22.8. The molecule has 2 rings (SSSR count). The largest absolute Gasteiger partial charge is 0.296 e. The molecule has 1 saturated heterocycles. The Bertz CT molecular complexity index is 437. The fourth-order valence-electron chi connectivity index (χ4n) is 2.30. The molecular formula is C13H14BrNO2. The lowest BCUT2D eigenvalue weighted by Crippen LogP contribution is -2.44. The summed E-state index contributed by atoms with van der Waals surface area (Å²) in [5.74, 6) is -0.332. The van der Waals surface area contributed by atoms with E-state index in [0.29, 0.717) is 12.8 Å². The molecule has 1 fully saturated rings. The molecule has 0 aliphatic carbocycles. The van der Waals surface area contributed by atoms with Gasteiger partial charge in [0.1, 0.15) is 0 Å². The number of benzene rings is 1. The van der Waals surface area contributed by atoms with Crippen LogP contribution in [-0.2, 0) is 16.0 Å². The Morgan fingerprint density at radius 3 is 2.24 bits per heavy atom. The summed E-state index contributed by atoms with van der Waals surface area (Å²) in [6.07, 6.45) is 1.57. The van der Waals surface area contributed by atoms with Crippen LogP contribution in [-0.4, -0.2) is 11.8 Å². The number of rotatable bonds is 2. The standard InChI is InChI=1S/C13H14BrNO2/c1-13(7-11(16)15-12(17)8-13)6-9-2-4-10(14)5-3-9/h2-5H,6-8H2,1H3,(H,15,16,17). The third-order valence-electron chi connectivity index (χ3n) is 3.00. The molecule has 0 spiro atoms. The Kier molecular flexibility index (Phi) is 3.33. The maximum atomic E-state index is 11.4. The third-order valence-corrected chi connectivity index (χ3v) is 3.53. The van der Waals surface area contributed by atoms with Crippen molar-refractivity contribution in [3.05, 3.63) is 34.3 Å². The highest BCUT2D eigenvalue weighted by atomic mass is 79.9. The Labute approximate surface area is 109 Å². The number of amides is 2. The minimum atomic E-state index is -0.257. The number of hydrogen-bond acceptors (Lipinski definition) is 2. The van der Waals surface area contributed by atoms with Crippen molar-refractivity contribution in [3.63, 3.8) is 0 Å². The summed E-state index contributed by atoms with van der Waals surface area (Å²) in [5.41, 5.74) is 0.894. The van der Waals surface area contributed by atoms with E-state index >= 15 is 0 Å². The van der Waals surface area contributed by atoms with E-state index in [1.807, 2.05) is 31.2 Å². The first-order chi connectivity index (χ1) is 7.97. The van der Waals surface area contributed by atoms with Crippen LogP contribution in [0.1, 0.15) is 25.3 Å². The van der Waals surface area contributed by atoms with Gasteiger partial charge in [0, 0.05) is 17.3 Å². The molecule has 0 aromatic heterocycles. The van der Waals surface area contributed by atoms with Gasteiger partial charge in [-0.25, -0.2) is 0 Å². The second-order valence-electron chi connectivity index (χ2n) is 4.94. The van der Waals surface area contributed by atoms with Crippen LogP contribution in [0.4, 0.5) is 0 Å². The Balaban J connectivity index is 2.13. The van der Waals surface area contributed by atoms with Gasteiger partial charge in [0.2, 0.25) is 11.8 Å². The lowest BCUT2D eigenvalue weighted by atomic mass is 9.75. The minimum Gasteiger partial charge on any atom is -0.296 e. The zero-order valence-corrected chi connectivity index (χ0v) is 11.2. The van der Waals surface area contributed by atoms with Crippen LogP contribution in [0.3, 0.4) is 0 Å². The molecule has 4 heteroatoms. The quantitative estimate of drug-likeness (QED) is 0.852. The summed E-state index contributed by atoms with van der Waals surface area (Å²) in [5, 5.41) is 2.34. The first-order valence-electron chi connectivity index (χ1n) is 5.54. The molecule has 0 saturated carbocycles. The van der Waals surface area contributed by atoms with Gasteiger partial charge in [-0.3, -0.25) is 14.9 Å². The summed E-state index contributed by atoms with van der Waals surface area (Å²) in [7, 11) is 0. The molecule has 2 amide bonds. The SMILES string of the molecule is CC1(Cc2ccc(Br)cc2)CC(=O)NC(=O)C1. The van der Waals surface area contributed by atoms with Gasteiger partial charge in [0.25, 0.3) is 0 Å². The van der Waals surface area contributed by atoms with Crippen LogP contribution < -0.4 is 5.32 Å². The van der Waals surface area contributed by atoms with E-state index in [-0.39, 0.29) is 17.2 Å². The topological polar surface area (TPSA) is 46.2 Å². The smallest absolute Gasteiger partial charge is 0.227 e. The van der Waals surface area contributed by atoms with Crippen LogP contribution in [0.5, 0.6) is 0 Å². The molecule has 90 valence electrons. The second-order valence-corrected chi connectivity index (χ2v) is 5.85. The Morgan fingerprint density at radius 2 is 1.71 bits per heavy atom. The molecule has 1 aromatic carbocycles. The fraction of sp³-hybridized carbons (Fsp3) is 0.385. The van der Waals surface area contributed by atoms with E-state index in [9.17, 15) is 9.59 Å². The highest BCUT2D eigenvalue weighted by molar-refractivity contribution is 9.10. The Hall–Kier alpha value is -1.16. The molecule has 17 heavy (non-hydrogen) atoms. The normalized spacial score (nSPS) is 18.9. The van der Waals surface area contributed by atoms with Crippen molar-refractivity contribution in [2.75, 3.05) is 0 Å². The van der Waals surface area contributed by atoms with Crippen molar-refractivity contribution in [3.8, 4) is 0 Å². The van der Waals surface area contributed by atoms with E-state index in [1.165, 1.54) is 0 Å². The predicted molar refractivity (Wildman–Crippen MR) is 68.3 cm³/mol. The van der Waals surface area contributed by atoms with Crippen molar-refractivity contribution < 1.29 is 9.59 Å². The summed E-state index contributed by atoms with van der Waals surface area (Å²) >= 11 is 3.38. The average Bonchev–Trinajstić information content (AvgIpc) is 2.19. The van der Waals surface area contributed by atoms with Gasteiger partial charge in [0.15, 0.2) is 0 Å². The number of piperidine rings is 1. The fourth-order valence-corrected chi connectivity index (χ4v) is 2.57. The number of carbonyl (C=O) groups is 2. The average molecular weight is 296 g/mol. The highest BCUT2D eigenvalue weighted by Gasteiger charge is 2.35. The number of nitrogens with one attached hydrogen (secondary N) is 1. The van der Waals surface area contributed by atoms with Crippen molar-refractivity contribution in [2.45, 2.75) is 26.2 Å². The minimum absolute atomic E-state index is 0.166. The Morgan fingerprint density at radius 1 is 1.18 bits per heavy atom. The maximum Gasteiger partial charge on any atom is 0.227 e. The van der Waals surface area contributed by atoms with Gasteiger partial charge in [-0.1, -0.05) is 35.0 Å². The van der Waals surface area contributed by atoms with E-state index < -0.39 is 0 Å². The van der Waals surface area contributed by atoms with Crippen molar-refractivity contribution >= 4 is 27.7 Å². The molecule has 1 aliphatic rings. The van der Waals surface area contributed by atoms with Gasteiger partial charge < -0.3 is 0 Å². The van der Waals surface area contributed by atoms with Gasteiger partial charge >= 0.3 is 0 Å². The molecule has 3 nitrogen and oxygen atoms in total. The van der Waals surface area contributed by atoms with Crippen LogP contribution in [0.15, 0.2) is 28.7 Å². The molecule has 1 heterocycles. The highest BCUT2D eigenvalue weighted by Crippen LogP contribution is 2.33. The molecule has 0 unspecified atom stereocenters. The molecular weight excluding hydrogens is 282 g/mol. The number of hydrogen-bond donors (Lipinski definition) is 1. The zero-order valence-electron chi connectivity index (χ0n) is 9.63. The monoisotopic (exact) mass is 295 g/mol. The van der Waals surface area contributed by atoms with E-state index in [0.717, 1.165) is 16.5 Å². The van der Waals surface area contributed by atoms with Gasteiger partial charge in [-0.15, -0.1) is 0 Å². The van der Waals surface area contributed by atoms with Crippen LogP contribution in [0.25, 0.3) is 0 Å². The summed E-state index contributed by atoms with van der Waals surface area (Å²) in [6.45, 7) is 1.99. The number of carbonyl (C=O) groups excluding carboxylic acids is 2. The van der Waals surface area contributed by atoms with Crippen LogP contribution in [0.2, 0.25) is 0 Å². The number of imide groups is 1. The first-order valence-corrected chi connectivity index (χ1v) is 6.33. The van der Waals surface area contributed by atoms with Crippen LogP contribution in [0, 0.1) is 5.41 Å². The zero-order chi connectivity index (χ0) is 12.5. The van der Waals surface area contributed by atoms with Crippen molar-refractivity contribution in [1.29, 1.82) is 0 Å². The lowest BCUT2D eigenvalue weighted by molar-refractivity contribution is -0.137. The van der Waals surface area contributed by atoms with E-state index in [2.05, 4.69) is 21.2 Å². The first kappa shape index (κ1) is 12.3. The van der Waals surface area contributed by atoms with Crippen LogP contribution >= 0.6 is 15.9 Å². The second kappa shape index (κ2) is 4.61. The van der Waals surface area contributed by atoms with E-state index in [4.69, 9.17) is 0 Å². The lowest BCUT2D eigenvalue weighted by Gasteiger charge is -2.32. The maximum absolute atomic E-state index is 11.4. The molecule has 0 radical (unpaired) electrons. The predicted octanol–water partition coefficient (Wildman–Crippen LogP) is 2.43.